The Balaban J connectivity index is 1.42. The number of benzene rings is 1. The van der Waals surface area contributed by atoms with Gasteiger partial charge in [-0.2, -0.15) is 11.3 Å². The van der Waals surface area contributed by atoms with Crippen LogP contribution in [-0.4, -0.2) is 35.8 Å². The minimum absolute atomic E-state index is 0.00983. The van der Waals surface area contributed by atoms with Crippen molar-refractivity contribution >= 4 is 23.2 Å². The second-order valence-corrected chi connectivity index (χ2v) is 7.10. The molecule has 1 N–H and O–H groups in total. The van der Waals surface area contributed by atoms with E-state index in [0.29, 0.717) is 32.4 Å². The number of rotatable bonds is 7. The number of nitrogens with zero attached hydrogens (tertiary/aromatic N) is 1. The molecule has 0 aliphatic carbocycles. The molecule has 25 heavy (non-hydrogen) atoms. The van der Waals surface area contributed by atoms with Crippen LogP contribution in [0.5, 0.6) is 0 Å². The lowest BCUT2D eigenvalue weighted by atomic mass is 10.1. The highest BCUT2D eigenvalue weighted by atomic mass is 32.1. The molecule has 0 spiro atoms. The summed E-state index contributed by atoms with van der Waals surface area (Å²) in [4.78, 5) is 25.9. The molecule has 2 aromatic rings. The minimum atomic E-state index is -0.258. The van der Waals surface area contributed by atoms with Crippen LogP contribution in [0.4, 0.5) is 4.39 Å². The summed E-state index contributed by atoms with van der Waals surface area (Å²) in [6, 6.07) is 8.23. The molecule has 132 valence electrons. The predicted molar refractivity (Wildman–Crippen MR) is 95.9 cm³/mol. The van der Waals surface area contributed by atoms with Gasteiger partial charge in [0.2, 0.25) is 11.8 Å². The molecule has 3 rings (SSSR count). The predicted octanol–water partition coefficient (Wildman–Crippen LogP) is 2.78. The molecule has 0 unspecified atom stereocenters. The summed E-state index contributed by atoms with van der Waals surface area (Å²) in [5, 5.41) is 7.01. The van der Waals surface area contributed by atoms with Crippen molar-refractivity contribution in [2.24, 2.45) is 0 Å². The third kappa shape index (κ3) is 5.13. The Morgan fingerprint density at radius 3 is 2.72 bits per heavy atom. The maximum absolute atomic E-state index is 12.9. The van der Waals surface area contributed by atoms with Gasteiger partial charge in [0.25, 0.3) is 0 Å². The van der Waals surface area contributed by atoms with Crippen LogP contribution < -0.4 is 5.32 Å². The number of thiophene rings is 1. The molecule has 1 fully saturated rings. The van der Waals surface area contributed by atoms with Gasteiger partial charge >= 0.3 is 0 Å². The fourth-order valence-corrected chi connectivity index (χ4v) is 3.70. The Morgan fingerprint density at radius 2 is 2.00 bits per heavy atom. The van der Waals surface area contributed by atoms with Crippen molar-refractivity contribution in [2.45, 2.75) is 31.7 Å². The molecule has 2 amide bonds. The standard InChI is InChI=1S/C19H21FN2O2S/c20-16-4-1-14(2-5-16)7-9-22-12-17(11-19(22)24)21-18(23)6-3-15-8-10-25-13-15/h1-2,4-5,8,10,13,17H,3,6-7,9,11-12H2,(H,21,23)/t17-/m1/s1. The van der Waals surface area contributed by atoms with Gasteiger partial charge in [-0.3, -0.25) is 9.59 Å². The number of halogens is 1. The Morgan fingerprint density at radius 1 is 1.20 bits per heavy atom. The monoisotopic (exact) mass is 360 g/mol. The fraction of sp³-hybridized carbons (Fsp3) is 0.368. The summed E-state index contributed by atoms with van der Waals surface area (Å²) in [5.41, 5.74) is 2.17. The maximum Gasteiger partial charge on any atom is 0.224 e. The number of hydrogen-bond acceptors (Lipinski definition) is 3. The first-order valence-electron chi connectivity index (χ1n) is 8.43. The molecule has 1 aromatic heterocycles. The van der Waals surface area contributed by atoms with E-state index in [1.54, 1.807) is 28.4 Å². The number of nitrogens with one attached hydrogen (secondary N) is 1. The van der Waals surface area contributed by atoms with Crippen LogP contribution in [0.2, 0.25) is 0 Å². The lowest BCUT2D eigenvalue weighted by molar-refractivity contribution is -0.127. The highest BCUT2D eigenvalue weighted by Crippen LogP contribution is 2.14. The molecule has 0 radical (unpaired) electrons. The first-order valence-corrected chi connectivity index (χ1v) is 9.37. The summed E-state index contributed by atoms with van der Waals surface area (Å²) in [6.07, 6.45) is 2.21. The van der Waals surface area contributed by atoms with Gasteiger partial charge in [0, 0.05) is 25.9 Å². The average Bonchev–Trinajstić information content (AvgIpc) is 3.22. The number of aryl methyl sites for hydroxylation is 1. The van der Waals surface area contributed by atoms with Gasteiger partial charge in [0.15, 0.2) is 0 Å². The lowest BCUT2D eigenvalue weighted by Crippen LogP contribution is -2.37. The van der Waals surface area contributed by atoms with Crippen LogP contribution in [0.15, 0.2) is 41.1 Å². The van der Waals surface area contributed by atoms with E-state index in [1.807, 2.05) is 16.8 Å². The lowest BCUT2D eigenvalue weighted by Gasteiger charge is -2.17. The molecule has 4 nitrogen and oxygen atoms in total. The quantitative estimate of drug-likeness (QED) is 0.825. The molecule has 2 heterocycles. The number of carbonyl (C=O) groups excluding carboxylic acids is 2. The molecule has 0 bridgehead atoms. The third-order valence-electron chi connectivity index (χ3n) is 4.38. The van der Waals surface area contributed by atoms with E-state index >= 15 is 0 Å². The molecule has 1 saturated heterocycles. The van der Waals surface area contributed by atoms with Gasteiger partial charge in [-0.15, -0.1) is 0 Å². The zero-order valence-corrected chi connectivity index (χ0v) is 14.7. The second-order valence-electron chi connectivity index (χ2n) is 6.32. The molecule has 1 aliphatic rings. The van der Waals surface area contributed by atoms with Gasteiger partial charge in [0.1, 0.15) is 5.82 Å². The van der Waals surface area contributed by atoms with Gasteiger partial charge in [0.05, 0.1) is 6.04 Å². The zero-order valence-electron chi connectivity index (χ0n) is 13.9. The van der Waals surface area contributed by atoms with Crippen molar-refractivity contribution in [1.29, 1.82) is 0 Å². The second kappa shape index (κ2) is 8.25. The maximum atomic E-state index is 12.9. The molecule has 1 atom stereocenters. The minimum Gasteiger partial charge on any atom is -0.351 e. The zero-order chi connectivity index (χ0) is 17.6. The van der Waals surface area contributed by atoms with Gasteiger partial charge in [-0.1, -0.05) is 12.1 Å². The van der Waals surface area contributed by atoms with Crippen molar-refractivity contribution in [3.63, 3.8) is 0 Å². The van der Waals surface area contributed by atoms with E-state index in [2.05, 4.69) is 5.32 Å². The molecule has 1 aliphatic heterocycles. The molecule has 6 heteroatoms. The number of carbonyl (C=O) groups is 2. The van der Waals surface area contributed by atoms with Gasteiger partial charge in [-0.05, 0) is 52.9 Å². The fourth-order valence-electron chi connectivity index (χ4n) is 2.99. The summed E-state index contributed by atoms with van der Waals surface area (Å²) in [7, 11) is 0. The van der Waals surface area contributed by atoms with E-state index in [9.17, 15) is 14.0 Å². The van der Waals surface area contributed by atoms with E-state index in [-0.39, 0.29) is 23.7 Å². The number of likely N-dealkylation sites (tertiary alicyclic amines) is 1. The highest BCUT2D eigenvalue weighted by molar-refractivity contribution is 7.07. The molecular weight excluding hydrogens is 339 g/mol. The summed E-state index contributed by atoms with van der Waals surface area (Å²) >= 11 is 1.63. The van der Waals surface area contributed by atoms with E-state index in [0.717, 1.165) is 12.0 Å². The van der Waals surface area contributed by atoms with Crippen molar-refractivity contribution in [2.75, 3.05) is 13.1 Å². The Labute approximate surface area is 150 Å². The average molecular weight is 360 g/mol. The van der Waals surface area contributed by atoms with Gasteiger partial charge < -0.3 is 10.2 Å². The largest absolute Gasteiger partial charge is 0.351 e. The Kier molecular flexibility index (Phi) is 5.81. The van der Waals surface area contributed by atoms with Crippen molar-refractivity contribution in [3.8, 4) is 0 Å². The number of hydrogen-bond donors (Lipinski definition) is 1. The summed E-state index contributed by atoms with van der Waals surface area (Å²) in [5.74, 6) is -0.208. The van der Waals surface area contributed by atoms with Crippen LogP contribution >= 0.6 is 11.3 Å². The van der Waals surface area contributed by atoms with Gasteiger partial charge in [-0.25, -0.2) is 4.39 Å². The Hall–Kier alpha value is -2.21. The molecule has 1 aromatic carbocycles. The topological polar surface area (TPSA) is 49.4 Å². The van der Waals surface area contributed by atoms with E-state index in [1.165, 1.54) is 17.7 Å². The first kappa shape index (κ1) is 17.6. The highest BCUT2D eigenvalue weighted by Gasteiger charge is 2.30. The van der Waals surface area contributed by atoms with Crippen molar-refractivity contribution in [1.82, 2.24) is 10.2 Å². The normalized spacial score (nSPS) is 17.1. The van der Waals surface area contributed by atoms with Crippen molar-refractivity contribution < 1.29 is 14.0 Å². The SMILES string of the molecule is O=C(CCc1ccsc1)N[C@@H]1CC(=O)N(CCc2ccc(F)cc2)C1. The third-order valence-corrected chi connectivity index (χ3v) is 5.12. The van der Waals surface area contributed by atoms with Crippen LogP contribution in [0.1, 0.15) is 24.0 Å². The molecule has 0 saturated carbocycles. The number of amides is 2. The first-order chi connectivity index (χ1) is 12.1. The van der Waals surface area contributed by atoms with Crippen LogP contribution in [0.3, 0.4) is 0 Å². The van der Waals surface area contributed by atoms with Crippen LogP contribution in [0, 0.1) is 5.82 Å². The van der Waals surface area contributed by atoms with Crippen molar-refractivity contribution in [3.05, 3.63) is 58.0 Å². The summed E-state index contributed by atoms with van der Waals surface area (Å²) < 4.78 is 12.9. The Bertz CT molecular complexity index is 716. The smallest absolute Gasteiger partial charge is 0.224 e. The van der Waals surface area contributed by atoms with E-state index < -0.39 is 0 Å². The van der Waals surface area contributed by atoms with Crippen LogP contribution in [0.25, 0.3) is 0 Å². The summed E-state index contributed by atoms with van der Waals surface area (Å²) in [6.45, 7) is 1.13. The van der Waals surface area contributed by atoms with Crippen LogP contribution in [-0.2, 0) is 22.4 Å². The molecular formula is C19H21FN2O2S. The van der Waals surface area contributed by atoms with E-state index in [4.69, 9.17) is 0 Å².